The first-order valence-corrected chi connectivity index (χ1v) is 6.53. The van der Waals surface area contributed by atoms with E-state index in [1.54, 1.807) is 7.11 Å². The summed E-state index contributed by atoms with van der Waals surface area (Å²) in [5.74, 6) is 0.765. The van der Waals surface area contributed by atoms with Gasteiger partial charge < -0.3 is 10.5 Å². The standard InChI is InChI=1S/C14H14N2OS/c1-3-9-4-5-13(17-2)10(6-9)12-8-18-14(16)11(12)7-15/h4-6,8H,3,16H2,1-2H3. The van der Waals surface area contributed by atoms with Crippen molar-refractivity contribution >= 4 is 16.3 Å². The SMILES string of the molecule is CCc1ccc(OC)c(-c2csc(N)c2C#N)c1. The van der Waals surface area contributed by atoms with Crippen LogP contribution < -0.4 is 10.5 Å². The fourth-order valence-corrected chi connectivity index (χ4v) is 2.64. The van der Waals surface area contributed by atoms with E-state index >= 15 is 0 Å². The highest BCUT2D eigenvalue weighted by molar-refractivity contribution is 7.14. The molecular formula is C14H14N2OS. The Bertz CT molecular complexity index is 611. The lowest BCUT2D eigenvalue weighted by atomic mass is 10.00. The molecular weight excluding hydrogens is 244 g/mol. The van der Waals surface area contributed by atoms with Gasteiger partial charge in [0.1, 0.15) is 16.8 Å². The highest BCUT2D eigenvalue weighted by Gasteiger charge is 2.15. The minimum Gasteiger partial charge on any atom is -0.496 e. The van der Waals surface area contributed by atoms with Crippen molar-refractivity contribution in [3.05, 3.63) is 34.7 Å². The number of nitriles is 1. The number of nitrogen functional groups attached to an aromatic ring is 1. The highest BCUT2D eigenvalue weighted by atomic mass is 32.1. The number of rotatable bonds is 3. The van der Waals surface area contributed by atoms with Crippen LogP contribution in [0.1, 0.15) is 18.1 Å². The van der Waals surface area contributed by atoms with Gasteiger partial charge in [0.25, 0.3) is 0 Å². The van der Waals surface area contributed by atoms with Crippen molar-refractivity contribution in [3.8, 4) is 22.9 Å². The molecule has 2 N–H and O–H groups in total. The van der Waals surface area contributed by atoms with Gasteiger partial charge in [0.15, 0.2) is 0 Å². The van der Waals surface area contributed by atoms with Crippen LogP contribution in [-0.4, -0.2) is 7.11 Å². The van der Waals surface area contributed by atoms with Crippen LogP contribution in [0.25, 0.3) is 11.1 Å². The molecule has 0 bridgehead atoms. The number of anilines is 1. The molecule has 1 heterocycles. The third kappa shape index (κ3) is 2.05. The van der Waals surface area contributed by atoms with E-state index in [1.165, 1.54) is 16.9 Å². The molecule has 4 heteroatoms. The van der Waals surface area contributed by atoms with E-state index in [-0.39, 0.29) is 0 Å². The summed E-state index contributed by atoms with van der Waals surface area (Å²) in [5.41, 5.74) is 9.33. The van der Waals surface area contributed by atoms with E-state index in [9.17, 15) is 5.26 Å². The fraction of sp³-hybridized carbons (Fsp3) is 0.214. The van der Waals surface area contributed by atoms with Gasteiger partial charge in [-0.1, -0.05) is 13.0 Å². The lowest BCUT2D eigenvalue weighted by molar-refractivity contribution is 0.416. The van der Waals surface area contributed by atoms with E-state index < -0.39 is 0 Å². The minimum absolute atomic E-state index is 0.534. The van der Waals surface area contributed by atoms with Gasteiger partial charge >= 0.3 is 0 Å². The van der Waals surface area contributed by atoms with E-state index in [4.69, 9.17) is 10.5 Å². The summed E-state index contributed by atoms with van der Waals surface area (Å²) >= 11 is 1.38. The molecule has 18 heavy (non-hydrogen) atoms. The van der Waals surface area contributed by atoms with Crippen molar-refractivity contribution in [2.45, 2.75) is 13.3 Å². The average Bonchev–Trinajstić information content (AvgIpc) is 2.78. The summed E-state index contributed by atoms with van der Waals surface area (Å²) in [7, 11) is 1.63. The first-order chi connectivity index (χ1) is 8.71. The second kappa shape index (κ2) is 5.11. The van der Waals surface area contributed by atoms with E-state index in [2.05, 4.69) is 19.1 Å². The number of hydrogen-bond donors (Lipinski definition) is 1. The van der Waals surface area contributed by atoms with Gasteiger partial charge in [0.2, 0.25) is 0 Å². The van der Waals surface area contributed by atoms with Crippen LogP contribution in [-0.2, 0) is 6.42 Å². The van der Waals surface area contributed by atoms with Crippen LogP contribution in [0.5, 0.6) is 5.75 Å². The Balaban J connectivity index is 2.65. The molecule has 1 aromatic carbocycles. The van der Waals surface area contributed by atoms with Crippen molar-refractivity contribution in [1.29, 1.82) is 5.26 Å². The largest absolute Gasteiger partial charge is 0.496 e. The molecule has 0 aliphatic heterocycles. The maximum absolute atomic E-state index is 9.18. The zero-order valence-corrected chi connectivity index (χ0v) is 11.2. The molecule has 0 aliphatic rings. The maximum atomic E-state index is 9.18. The Labute approximate surface area is 110 Å². The number of ether oxygens (including phenoxy) is 1. The highest BCUT2D eigenvalue weighted by Crippen LogP contribution is 2.38. The molecule has 0 aliphatic carbocycles. The van der Waals surface area contributed by atoms with Gasteiger partial charge in [-0.05, 0) is 24.1 Å². The summed E-state index contributed by atoms with van der Waals surface area (Å²) in [6.45, 7) is 2.10. The topological polar surface area (TPSA) is 59.0 Å². The lowest BCUT2D eigenvalue weighted by Crippen LogP contribution is -1.92. The molecule has 0 saturated heterocycles. The third-order valence-electron chi connectivity index (χ3n) is 2.89. The summed E-state index contributed by atoms with van der Waals surface area (Å²) in [6, 6.07) is 8.18. The second-order valence-corrected chi connectivity index (χ2v) is 4.80. The predicted molar refractivity (Wildman–Crippen MR) is 74.8 cm³/mol. The number of nitrogens with zero attached hydrogens (tertiary/aromatic N) is 1. The molecule has 0 atom stereocenters. The molecule has 0 spiro atoms. The first kappa shape index (κ1) is 12.5. The zero-order valence-electron chi connectivity index (χ0n) is 10.4. The Morgan fingerprint density at radius 1 is 1.39 bits per heavy atom. The summed E-state index contributed by atoms with van der Waals surface area (Å²) in [4.78, 5) is 0. The summed E-state index contributed by atoms with van der Waals surface area (Å²) < 4.78 is 5.36. The smallest absolute Gasteiger partial charge is 0.126 e. The Hall–Kier alpha value is -1.99. The molecule has 92 valence electrons. The van der Waals surface area contributed by atoms with E-state index in [1.807, 2.05) is 17.5 Å². The number of thiophene rings is 1. The number of aryl methyl sites for hydroxylation is 1. The first-order valence-electron chi connectivity index (χ1n) is 5.65. The van der Waals surface area contributed by atoms with Gasteiger partial charge in [-0.15, -0.1) is 11.3 Å². The molecule has 0 saturated carbocycles. The van der Waals surface area contributed by atoms with Crippen LogP contribution in [0.3, 0.4) is 0 Å². The summed E-state index contributed by atoms with van der Waals surface area (Å²) in [5, 5.41) is 11.6. The molecule has 2 rings (SSSR count). The van der Waals surface area contributed by atoms with Crippen molar-refractivity contribution in [1.82, 2.24) is 0 Å². The van der Waals surface area contributed by atoms with Crippen molar-refractivity contribution in [2.75, 3.05) is 12.8 Å². The van der Waals surface area contributed by atoms with Crippen molar-refractivity contribution < 1.29 is 4.74 Å². The Morgan fingerprint density at radius 2 is 2.17 bits per heavy atom. The monoisotopic (exact) mass is 258 g/mol. The molecule has 0 fully saturated rings. The minimum atomic E-state index is 0.534. The molecule has 0 unspecified atom stereocenters. The zero-order chi connectivity index (χ0) is 13.1. The molecule has 2 aromatic rings. The normalized spacial score (nSPS) is 10.1. The Kier molecular flexibility index (Phi) is 3.54. The van der Waals surface area contributed by atoms with Crippen LogP contribution in [0.4, 0.5) is 5.00 Å². The molecule has 0 radical (unpaired) electrons. The average molecular weight is 258 g/mol. The van der Waals surface area contributed by atoms with E-state index in [0.29, 0.717) is 10.6 Å². The molecule has 0 amide bonds. The third-order valence-corrected chi connectivity index (χ3v) is 3.71. The van der Waals surface area contributed by atoms with Crippen LogP contribution in [0.2, 0.25) is 0 Å². The molecule has 3 nitrogen and oxygen atoms in total. The van der Waals surface area contributed by atoms with Gasteiger partial charge in [0, 0.05) is 16.5 Å². The fourth-order valence-electron chi connectivity index (χ4n) is 1.87. The van der Waals surface area contributed by atoms with E-state index in [0.717, 1.165) is 23.3 Å². The van der Waals surface area contributed by atoms with Gasteiger partial charge in [-0.25, -0.2) is 0 Å². The van der Waals surface area contributed by atoms with Crippen LogP contribution in [0.15, 0.2) is 23.6 Å². The van der Waals surface area contributed by atoms with Gasteiger partial charge in [-0.2, -0.15) is 5.26 Å². The van der Waals surface area contributed by atoms with Gasteiger partial charge in [-0.3, -0.25) is 0 Å². The van der Waals surface area contributed by atoms with Crippen molar-refractivity contribution in [3.63, 3.8) is 0 Å². The lowest BCUT2D eigenvalue weighted by Gasteiger charge is -2.09. The van der Waals surface area contributed by atoms with Crippen molar-refractivity contribution in [2.24, 2.45) is 0 Å². The number of nitrogens with two attached hydrogens (primary N) is 1. The number of benzene rings is 1. The van der Waals surface area contributed by atoms with Gasteiger partial charge in [0.05, 0.1) is 12.7 Å². The van der Waals surface area contributed by atoms with Crippen LogP contribution in [0, 0.1) is 11.3 Å². The number of methoxy groups -OCH3 is 1. The number of hydrogen-bond acceptors (Lipinski definition) is 4. The molecule has 1 aromatic heterocycles. The van der Waals surface area contributed by atoms with Crippen LogP contribution >= 0.6 is 11.3 Å². The summed E-state index contributed by atoms with van der Waals surface area (Å²) in [6.07, 6.45) is 0.943. The maximum Gasteiger partial charge on any atom is 0.126 e. The Morgan fingerprint density at radius 3 is 2.78 bits per heavy atom. The second-order valence-electron chi connectivity index (χ2n) is 3.89. The predicted octanol–water partition coefficient (Wildman–Crippen LogP) is 3.44. The quantitative estimate of drug-likeness (QED) is 0.917.